The highest BCUT2D eigenvalue weighted by Gasteiger charge is 2.30. The topological polar surface area (TPSA) is 49.4 Å². The predicted octanol–water partition coefficient (Wildman–Crippen LogP) is 6.78. The molecule has 0 aliphatic heterocycles. The van der Waals surface area contributed by atoms with Gasteiger partial charge in [0.1, 0.15) is 6.04 Å². The lowest BCUT2D eigenvalue weighted by Gasteiger charge is -2.32. The highest BCUT2D eigenvalue weighted by molar-refractivity contribution is 7.99. The Morgan fingerprint density at radius 1 is 0.889 bits per heavy atom. The maximum Gasteiger partial charge on any atom is 0.243 e. The number of hydrogen-bond donors (Lipinski definition) is 1. The van der Waals surface area contributed by atoms with Gasteiger partial charge in [0, 0.05) is 24.8 Å². The van der Waals surface area contributed by atoms with Crippen LogP contribution in [0.15, 0.2) is 78.9 Å². The zero-order valence-corrected chi connectivity index (χ0v) is 23.0. The zero-order chi connectivity index (χ0) is 25.9. The van der Waals surface area contributed by atoms with Gasteiger partial charge in [0.15, 0.2) is 0 Å². The van der Waals surface area contributed by atoms with Gasteiger partial charge in [-0.25, -0.2) is 0 Å². The van der Waals surface area contributed by atoms with Crippen LogP contribution in [0.4, 0.5) is 0 Å². The fourth-order valence-corrected chi connectivity index (χ4v) is 4.92. The second-order valence-electron chi connectivity index (χ2n) is 8.77. The smallest absolute Gasteiger partial charge is 0.243 e. The van der Waals surface area contributed by atoms with Gasteiger partial charge in [-0.15, -0.1) is 11.8 Å². The van der Waals surface area contributed by atoms with Crippen LogP contribution in [-0.2, 0) is 28.3 Å². The van der Waals surface area contributed by atoms with Gasteiger partial charge < -0.3 is 10.2 Å². The van der Waals surface area contributed by atoms with Crippen LogP contribution >= 0.6 is 35.0 Å². The summed E-state index contributed by atoms with van der Waals surface area (Å²) in [5.41, 5.74) is 2.98. The maximum atomic E-state index is 13.6. The number of carbonyl (C=O) groups excluding carboxylic acids is 2. The molecule has 0 bridgehead atoms. The number of benzene rings is 3. The second kappa shape index (κ2) is 14.3. The molecular formula is C29H32Cl2N2O2S. The van der Waals surface area contributed by atoms with Crippen LogP contribution in [0.1, 0.15) is 37.0 Å². The summed E-state index contributed by atoms with van der Waals surface area (Å²) in [5.74, 6) is 0.648. The Balaban J connectivity index is 1.82. The standard InChI is InChI=1S/C29H32Cl2N2O2S/c1-3-21(2)32-29(35)27(17-22-10-6-4-7-11-22)33(18-23-12-8-5-9-13-23)28(34)20-36-19-24-14-15-25(30)26(31)16-24/h4-16,21,27H,3,17-20H2,1-2H3,(H,32,35)/t21-,27+/m0/s1. The zero-order valence-electron chi connectivity index (χ0n) is 20.6. The average molecular weight is 544 g/mol. The third kappa shape index (κ3) is 8.58. The predicted molar refractivity (Wildman–Crippen MR) is 151 cm³/mol. The Bertz CT molecular complexity index is 1130. The number of thioether (sulfide) groups is 1. The summed E-state index contributed by atoms with van der Waals surface area (Å²) in [7, 11) is 0. The van der Waals surface area contributed by atoms with E-state index >= 15 is 0 Å². The lowest BCUT2D eigenvalue weighted by Crippen LogP contribution is -2.52. The molecule has 36 heavy (non-hydrogen) atoms. The molecular weight excluding hydrogens is 511 g/mol. The minimum absolute atomic E-state index is 0.0217. The number of amides is 2. The molecule has 0 fully saturated rings. The number of rotatable bonds is 12. The van der Waals surface area contributed by atoms with Gasteiger partial charge in [0.2, 0.25) is 11.8 Å². The molecule has 0 saturated carbocycles. The number of nitrogens with zero attached hydrogens (tertiary/aromatic N) is 1. The average Bonchev–Trinajstić information content (AvgIpc) is 2.89. The van der Waals surface area contributed by atoms with E-state index in [0.29, 0.717) is 28.8 Å². The number of nitrogens with one attached hydrogen (secondary N) is 1. The van der Waals surface area contributed by atoms with Gasteiger partial charge in [-0.3, -0.25) is 9.59 Å². The van der Waals surface area contributed by atoms with E-state index in [1.54, 1.807) is 11.0 Å². The molecule has 0 aliphatic carbocycles. The second-order valence-corrected chi connectivity index (χ2v) is 10.6. The van der Waals surface area contributed by atoms with Gasteiger partial charge in [-0.1, -0.05) is 96.9 Å². The van der Waals surface area contributed by atoms with Crippen molar-refractivity contribution in [2.24, 2.45) is 0 Å². The van der Waals surface area contributed by atoms with Crippen molar-refractivity contribution in [2.45, 2.75) is 51.1 Å². The van der Waals surface area contributed by atoms with Crippen LogP contribution in [-0.4, -0.2) is 34.6 Å². The summed E-state index contributed by atoms with van der Waals surface area (Å²) >= 11 is 13.7. The molecule has 0 aromatic heterocycles. The van der Waals surface area contributed by atoms with E-state index < -0.39 is 6.04 Å². The van der Waals surface area contributed by atoms with Crippen molar-refractivity contribution < 1.29 is 9.59 Å². The van der Waals surface area contributed by atoms with Gasteiger partial charge in [-0.2, -0.15) is 0 Å². The van der Waals surface area contributed by atoms with E-state index in [0.717, 1.165) is 23.1 Å². The molecule has 0 unspecified atom stereocenters. The van der Waals surface area contributed by atoms with Crippen LogP contribution in [0, 0.1) is 0 Å². The summed E-state index contributed by atoms with van der Waals surface area (Å²) in [5, 5.41) is 4.10. The highest BCUT2D eigenvalue weighted by atomic mass is 35.5. The molecule has 7 heteroatoms. The van der Waals surface area contributed by atoms with Gasteiger partial charge in [-0.05, 0) is 42.2 Å². The Labute approximate surface area is 228 Å². The molecule has 3 rings (SSSR count). The lowest BCUT2D eigenvalue weighted by atomic mass is 10.0. The molecule has 2 amide bonds. The first-order valence-electron chi connectivity index (χ1n) is 12.1. The lowest BCUT2D eigenvalue weighted by molar-refractivity contribution is -0.139. The first-order chi connectivity index (χ1) is 17.4. The SMILES string of the molecule is CC[C@H](C)NC(=O)[C@@H](Cc1ccccc1)N(Cc1ccccc1)C(=O)CSCc1ccc(Cl)c(Cl)c1. The molecule has 3 aromatic carbocycles. The van der Waals surface area contributed by atoms with E-state index in [4.69, 9.17) is 23.2 Å². The van der Waals surface area contributed by atoms with Crippen LogP contribution in [0.2, 0.25) is 10.0 Å². The van der Waals surface area contributed by atoms with Crippen molar-refractivity contribution in [1.29, 1.82) is 0 Å². The minimum atomic E-state index is -0.625. The quantitative estimate of drug-likeness (QED) is 0.274. The molecule has 0 spiro atoms. The minimum Gasteiger partial charge on any atom is -0.352 e. The van der Waals surface area contributed by atoms with Crippen molar-refractivity contribution in [3.8, 4) is 0 Å². The molecule has 0 radical (unpaired) electrons. The van der Waals surface area contributed by atoms with Crippen LogP contribution in [0.3, 0.4) is 0 Å². The largest absolute Gasteiger partial charge is 0.352 e. The molecule has 4 nitrogen and oxygen atoms in total. The van der Waals surface area contributed by atoms with Crippen molar-refractivity contribution in [3.05, 3.63) is 106 Å². The first-order valence-corrected chi connectivity index (χ1v) is 14.0. The van der Waals surface area contributed by atoms with Crippen LogP contribution in [0.25, 0.3) is 0 Å². The van der Waals surface area contributed by atoms with E-state index in [-0.39, 0.29) is 23.6 Å². The normalized spacial score (nSPS) is 12.6. The molecule has 0 saturated heterocycles. The first kappa shape index (κ1) is 28.1. The molecule has 0 aliphatic rings. The monoisotopic (exact) mass is 542 g/mol. The Hall–Kier alpha value is -2.47. The van der Waals surface area contributed by atoms with Crippen LogP contribution in [0.5, 0.6) is 0 Å². The number of hydrogen-bond acceptors (Lipinski definition) is 3. The summed E-state index contributed by atoms with van der Waals surface area (Å²) in [6.45, 7) is 4.37. The van der Waals surface area contributed by atoms with Crippen LogP contribution < -0.4 is 5.32 Å². The summed E-state index contributed by atoms with van der Waals surface area (Å²) in [6.07, 6.45) is 1.26. The summed E-state index contributed by atoms with van der Waals surface area (Å²) in [4.78, 5) is 28.8. The van der Waals surface area contributed by atoms with Crippen molar-refractivity contribution in [1.82, 2.24) is 10.2 Å². The molecule has 0 heterocycles. The molecule has 190 valence electrons. The Morgan fingerprint density at radius 2 is 1.53 bits per heavy atom. The third-order valence-corrected chi connectivity index (χ3v) is 7.67. The fourth-order valence-electron chi connectivity index (χ4n) is 3.74. The van der Waals surface area contributed by atoms with Gasteiger partial charge in [0.05, 0.1) is 15.8 Å². The highest BCUT2D eigenvalue weighted by Crippen LogP contribution is 2.25. The summed E-state index contributed by atoms with van der Waals surface area (Å²) < 4.78 is 0. The van der Waals surface area contributed by atoms with E-state index in [2.05, 4.69) is 5.32 Å². The maximum absolute atomic E-state index is 13.6. The van der Waals surface area contributed by atoms with E-state index in [1.807, 2.05) is 86.6 Å². The fraction of sp³-hybridized carbons (Fsp3) is 0.310. The van der Waals surface area contributed by atoms with Gasteiger partial charge in [0.25, 0.3) is 0 Å². The molecule has 3 aromatic rings. The van der Waals surface area contributed by atoms with Gasteiger partial charge >= 0.3 is 0 Å². The Morgan fingerprint density at radius 3 is 2.14 bits per heavy atom. The molecule has 1 N–H and O–H groups in total. The Kier molecular flexibility index (Phi) is 11.2. The van der Waals surface area contributed by atoms with Crippen molar-refractivity contribution in [2.75, 3.05) is 5.75 Å². The molecule has 2 atom stereocenters. The van der Waals surface area contributed by atoms with Crippen molar-refractivity contribution in [3.63, 3.8) is 0 Å². The number of halogens is 2. The third-order valence-electron chi connectivity index (χ3n) is 5.95. The van der Waals surface area contributed by atoms with E-state index in [1.165, 1.54) is 11.8 Å². The summed E-state index contributed by atoms with van der Waals surface area (Å²) in [6, 6.07) is 24.5. The van der Waals surface area contributed by atoms with Crippen molar-refractivity contribution >= 4 is 46.8 Å². The number of carbonyl (C=O) groups is 2. The van der Waals surface area contributed by atoms with E-state index in [9.17, 15) is 9.59 Å².